The number of rotatable bonds is 1. The minimum atomic E-state index is -0.787. The number of nitrogens with zero attached hydrogens (tertiary/aromatic N) is 2. The smallest absolute Gasteiger partial charge is 0.415 e. The number of amides is 1. The lowest BCUT2D eigenvalue weighted by Crippen LogP contribution is -2.34. The van der Waals surface area contributed by atoms with Gasteiger partial charge in [-0.3, -0.25) is 4.90 Å². The lowest BCUT2D eigenvalue weighted by molar-refractivity contribution is 0.0588. The van der Waals surface area contributed by atoms with Crippen LogP contribution < -0.4 is 4.90 Å². The first-order chi connectivity index (χ1) is 8.24. The van der Waals surface area contributed by atoms with Crippen molar-refractivity contribution < 1.29 is 13.9 Å². The van der Waals surface area contributed by atoms with Gasteiger partial charge in [0.1, 0.15) is 11.4 Å². The molecule has 0 unspecified atom stereocenters. The molecule has 1 aromatic rings. The number of carbonyl (C=O) groups excluding carboxylic acids is 1. The van der Waals surface area contributed by atoms with Crippen LogP contribution in [0.3, 0.4) is 0 Å². The van der Waals surface area contributed by atoms with Crippen LogP contribution in [0.1, 0.15) is 26.3 Å². The van der Waals surface area contributed by atoms with Gasteiger partial charge in [0.2, 0.25) is 5.95 Å². The molecule has 5 heteroatoms. The Hall–Kier alpha value is -2.09. The van der Waals surface area contributed by atoms with E-state index in [-0.39, 0.29) is 11.4 Å². The number of halogens is 1. The second kappa shape index (κ2) is 5.05. The van der Waals surface area contributed by atoms with Gasteiger partial charge < -0.3 is 4.74 Å². The largest absolute Gasteiger partial charge is 0.443 e. The van der Waals surface area contributed by atoms with E-state index < -0.39 is 17.6 Å². The van der Waals surface area contributed by atoms with Crippen molar-refractivity contribution >= 4 is 11.9 Å². The minimum absolute atomic E-state index is 0.0522. The molecule has 18 heavy (non-hydrogen) atoms. The fraction of sp³-hybridized carbons (Fsp3) is 0.385. The predicted octanol–water partition coefficient (Wildman–Crippen LogP) is 2.57. The van der Waals surface area contributed by atoms with Gasteiger partial charge in [-0.25, -0.2) is 9.78 Å². The van der Waals surface area contributed by atoms with Gasteiger partial charge in [-0.2, -0.15) is 4.39 Å². The molecule has 0 atom stereocenters. The van der Waals surface area contributed by atoms with E-state index >= 15 is 0 Å². The average molecular weight is 250 g/mol. The van der Waals surface area contributed by atoms with Crippen LogP contribution in [0.4, 0.5) is 15.0 Å². The molecule has 0 aromatic carbocycles. The van der Waals surface area contributed by atoms with E-state index in [4.69, 9.17) is 11.2 Å². The van der Waals surface area contributed by atoms with E-state index in [1.54, 1.807) is 20.8 Å². The molecule has 1 aromatic heterocycles. The van der Waals surface area contributed by atoms with Crippen molar-refractivity contribution in [3.63, 3.8) is 0 Å². The number of pyridine rings is 1. The highest BCUT2D eigenvalue weighted by molar-refractivity contribution is 5.85. The molecule has 0 aliphatic heterocycles. The van der Waals surface area contributed by atoms with Gasteiger partial charge in [-0.1, -0.05) is 5.92 Å². The van der Waals surface area contributed by atoms with Crippen LogP contribution in [0.25, 0.3) is 0 Å². The molecule has 0 aliphatic carbocycles. The number of hydrogen-bond acceptors (Lipinski definition) is 3. The Morgan fingerprint density at radius 3 is 2.56 bits per heavy atom. The number of terminal acetylenes is 1. The van der Waals surface area contributed by atoms with Crippen LogP contribution in [0.2, 0.25) is 0 Å². The van der Waals surface area contributed by atoms with Gasteiger partial charge in [0.05, 0.1) is 5.56 Å². The van der Waals surface area contributed by atoms with Crippen molar-refractivity contribution in [3.8, 4) is 12.3 Å². The van der Waals surface area contributed by atoms with Gasteiger partial charge in [-0.15, -0.1) is 6.42 Å². The molecule has 0 saturated carbocycles. The summed E-state index contributed by atoms with van der Waals surface area (Å²) in [5.41, 5.74) is -0.570. The van der Waals surface area contributed by atoms with Crippen molar-refractivity contribution in [1.82, 2.24) is 4.98 Å². The summed E-state index contributed by atoms with van der Waals surface area (Å²) in [7, 11) is 1.45. The molecule has 1 rings (SSSR count). The van der Waals surface area contributed by atoms with Crippen molar-refractivity contribution in [1.29, 1.82) is 0 Å². The van der Waals surface area contributed by atoms with Crippen molar-refractivity contribution in [2.24, 2.45) is 0 Å². The summed E-state index contributed by atoms with van der Waals surface area (Å²) in [5.74, 6) is 1.51. The van der Waals surface area contributed by atoms with Gasteiger partial charge in [0, 0.05) is 7.05 Å². The van der Waals surface area contributed by atoms with E-state index in [9.17, 15) is 9.18 Å². The van der Waals surface area contributed by atoms with E-state index in [0.29, 0.717) is 0 Å². The highest BCUT2D eigenvalue weighted by Gasteiger charge is 2.21. The number of aromatic nitrogens is 1. The Morgan fingerprint density at radius 1 is 1.50 bits per heavy atom. The van der Waals surface area contributed by atoms with Crippen LogP contribution in [0, 0.1) is 18.3 Å². The van der Waals surface area contributed by atoms with E-state index in [1.165, 1.54) is 19.2 Å². The number of hydrogen-bond donors (Lipinski definition) is 0. The molecule has 1 heterocycles. The highest BCUT2D eigenvalue weighted by atomic mass is 19.1. The first-order valence-electron chi connectivity index (χ1n) is 5.34. The summed E-state index contributed by atoms with van der Waals surface area (Å²) in [6.45, 7) is 5.23. The summed E-state index contributed by atoms with van der Waals surface area (Å²) < 4.78 is 18.5. The molecule has 1 amide bonds. The molecule has 96 valence electrons. The fourth-order valence-electron chi connectivity index (χ4n) is 1.14. The number of carbonyl (C=O) groups is 1. The molecular weight excluding hydrogens is 235 g/mol. The first kappa shape index (κ1) is 14.0. The summed E-state index contributed by atoms with van der Waals surface area (Å²) >= 11 is 0. The van der Waals surface area contributed by atoms with Crippen LogP contribution in [-0.2, 0) is 4.74 Å². The van der Waals surface area contributed by atoms with E-state index in [1.807, 2.05) is 0 Å². The molecular formula is C13H15FN2O2. The second-order valence-corrected chi connectivity index (χ2v) is 4.69. The second-order valence-electron chi connectivity index (χ2n) is 4.69. The molecule has 0 bridgehead atoms. The fourth-order valence-corrected chi connectivity index (χ4v) is 1.14. The maximum Gasteiger partial charge on any atom is 0.415 e. The zero-order valence-corrected chi connectivity index (χ0v) is 10.8. The third kappa shape index (κ3) is 3.45. The maximum absolute atomic E-state index is 13.4. The molecule has 0 saturated heterocycles. The summed E-state index contributed by atoms with van der Waals surface area (Å²) in [6, 6.07) is 2.85. The Morgan fingerprint density at radius 2 is 2.11 bits per heavy atom. The van der Waals surface area contributed by atoms with Crippen molar-refractivity contribution in [3.05, 3.63) is 23.6 Å². The minimum Gasteiger partial charge on any atom is -0.443 e. The van der Waals surface area contributed by atoms with Crippen LogP contribution in [0.5, 0.6) is 0 Å². The zero-order chi connectivity index (χ0) is 13.9. The quantitative estimate of drug-likeness (QED) is 0.568. The Bertz CT molecular complexity index is 501. The summed E-state index contributed by atoms with van der Waals surface area (Å²) in [5, 5.41) is 0. The molecule has 4 nitrogen and oxygen atoms in total. The Labute approximate surface area is 106 Å². The molecule has 0 aliphatic rings. The van der Waals surface area contributed by atoms with Gasteiger partial charge in [-0.05, 0) is 32.9 Å². The van der Waals surface area contributed by atoms with Crippen molar-refractivity contribution in [2.45, 2.75) is 26.4 Å². The van der Waals surface area contributed by atoms with Gasteiger partial charge in [0.15, 0.2) is 0 Å². The van der Waals surface area contributed by atoms with E-state index in [2.05, 4.69) is 10.9 Å². The van der Waals surface area contributed by atoms with Gasteiger partial charge in [0.25, 0.3) is 0 Å². The first-order valence-corrected chi connectivity index (χ1v) is 5.34. The molecule has 0 N–H and O–H groups in total. The Kier molecular flexibility index (Phi) is 3.92. The van der Waals surface area contributed by atoms with Crippen LogP contribution in [0.15, 0.2) is 12.1 Å². The molecule has 0 fully saturated rings. The van der Waals surface area contributed by atoms with Crippen molar-refractivity contribution in [2.75, 3.05) is 11.9 Å². The third-order valence-electron chi connectivity index (χ3n) is 2.00. The average Bonchev–Trinajstić information content (AvgIpc) is 2.25. The van der Waals surface area contributed by atoms with E-state index in [0.717, 1.165) is 4.90 Å². The highest BCUT2D eigenvalue weighted by Crippen LogP contribution is 2.16. The van der Waals surface area contributed by atoms with Gasteiger partial charge >= 0.3 is 6.09 Å². The number of ether oxygens (including phenoxy) is 1. The zero-order valence-electron chi connectivity index (χ0n) is 10.8. The number of anilines is 1. The standard InChI is InChI=1S/C13H15FN2O2/c1-6-9-7-8-10(15-11(9)14)16(5)12(17)18-13(2,3)4/h1,7-8H,2-5H3. The summed E-state index contributed by atoms with van der Waals surface area (Å²) in [4.78, 5) is 16.5. The molecule has 0 spiro atoms. The lowest BCUT2D eigenvalue weighted by Gasteiger charge is -2.24. The third-order valence-corrected chi connectivity index (χ3v) is 2.00. The lowest BCUT2D eigenvalue weighted by atomic mass is 10.2. The summed E-state index contributed by atoms with van der Waals surface area (Å²) in [6.07, 6.45) is 4.48. The molecule has 0 radical (unpaired) electrons. The maximum atomic E-state index is 13.4. The topological polar surface area (TPSA) is 42.4 Å². The monoisotopic (exact) mass is 250 g/mol. The normalized spacial score (nSPS) is 10.7. The Balaban J connectivity index is 2.91. The SMILES string of the molecule is C#Cc1ccc(N(C)C(=O)OC(C)(C)C)nc1F. The van der Waals surface area contributed by atoms with Crippen LogP contribution >= 0.6 is 0 Å². The predicted molar refractivity (Wildman–Crippen MR) is 66.8 cm³/mol. The van der Waals surface area contributed by atoms with Crippen LogP contribution in [-0.4, -0.2) is 23.7 Å².